The van der Waals surface area contributed by atoms with Crippen LogP contribution in [0.1, 0.15) is 51.2 Å². The number of unbranched alkanes of at least 4 members (excludes halogenated alkanes) is 1. The SMILES string of the molecule is Cc1ccc2c(c1)CCCN2CCCCNC(C)(C)C. The third-order valence-electron chi connectivity index (χ3n) is 3.96. The number of hydrogen-bond acceptors (Lipinski definition) is 2. The summed E-state index contributed by atoms with van der Waals surface area (Å²) < 4.78 is 0. The third-order valence-corrected chi connectivity index (χ3v) is 3.96. The Morgan fingerprint density at radius 2 is 2.00 bits per heavy atom. The van der Waals surface area contributed by atoms with Crippen molar-refractivity contribution in [1.29, 1.82) is 0 Å². The molecule has 0 unspecified atom stereocenters. The van der Waals surface area contributed by atoms with Gasteiger partial charge in [0, 0.05) is 24.3 Å². The Morgan fingerprint density at radius 3 is 2.75 bits per heavy atom. The van der Waals surface area contributed by atoms with Crippen LogP contribution in [0.3, 0.4) is 0 Å². The van der Waals surface area contributed by atoms with E-state index in [0.29, 0.717) is 0 Å². The van der Waals surface area contributed by atoms with Crippen molar-refractivity contribution in [1.82, 2.24) is 5.32 Å². The highest BCUT2D eigenvalue weighted by Gasteiger charge is 2.16. The van der Waals surface area contributed by atoms with E-state index in [4.69, 9.17) is 0 Å². The monoisotopic (exact) mass is 274 g/mol. The maximum absolute atomic E-state index is 3.57. The maximum atomic E-state index is 3.57. The number of anilines is 1. The smallest absolute Gasteiger partial charge is 0.0398 e. The second-order valence-electron chi connectivity index (χ2n) is 7.11. The Bertz CT molecular complexity index is 432. The molecule has 1 aromatic carbocycles. The van der Waals surface area contributed by atoms with E-state index < -0.39 is 0 Å². The summed E-state index contributed by atoms with van der Waals surface area (Å²) in [7, 11) is 0. The minimum absolute atomic E-state index is 0.245. The lowest BCUT2D eigenvalue weighted by Gasteiger charge is -2.31. The Kier molecular flexibility index (Phi) is 5.09. The lowest BCUT2D eigenvalue weighted by molar-refractivity contribution is 0.418. The minimum Gasteiger partial charge on any atom is -0.371 e. The number of benzene rings is 1. The van der Waals surface area contributed by atoms with Crippen molar-refractivity contribution in [2.45, 2.75) is 58.9 Å². The number of aryl methyl sites for hydroxylation is 2. The van der Waals surface area contributed by atoms with E-state index in [9.17, 15) is 0 Å². The Balaban J connectivity index is 1.80. The van der Waals surface area contributed by atoms with Gasteiger partial charge in [0.1, 0.15) is 0 Å². The van der Waals surface area contributed by atoms with Gasteiger partial charge in [0.2, 0.25) is 0 Å². The molecule has 112 valence electrons. The van der Waals surface area contributed by atoms with Gasteiger partial charge in [-0.15, -0.1) is 0 Å². The molecule has 1 aromatic rings. The molecule has 0 fully saturated rings. The highest BCUT2D eigenvalue weighted by atomic mass is 15.1. The zero-order valence-corrected chi connectivity index (χ0v) is 13.6. The van der Waals surface area contributed by atoms with E-state index in [1.165, 1.54) is 50.0 Å². The summed E-state index contributed by atoms with van der Waals surface area (Å²) in [6.45, 7) is 12.4. The molecule has 0 spiro atoms. The first kappa shape index (κ1) is 15.4. The van der Waals surface area contributed by atoms with Gasteiger partial charge in [0.25, 0.3) is 0 Å². The molecule has 20 heavy (non-hydrogen) atoms. The molecule has 0 amide bonds. The normalized spacial score (nSPS) is 15.3. The molecule has 2 heteroatoms. The number of hydrogen-bond donors (Lipinski definition) is 1. The summed E-state index contributed by atoms with van der Waals surface area (Å²) in [5.74, 6) is 0. The number of rotatable bonds is 5. The molecule has 0 bridgehead atoms. The van der Waals surface area contributed by atoms with Crippen molar-refractivity contribution in [3.05, 3.63) is 29.3 Å². The van der Waals surface area contributed by atoms with Crippen LogP contribution in [0, 0.1) is 6.92 Å². The molecule has 1 heterocycles. The summed E-state index contributed by atoms with van der Waals surface area (Å²) >= 11 is 0. The van der Waals surface area contributed by atoms with Gasteiger partial charge in [-0.1, -0.05) is 17.7 Å². The highest BCUT2D eigenvalue weighted by molar-refractivity contribution is 5.56. The molecule has 0 saturated carbocycles. The van der Waals surface area contributed by atoms with Gasteiger partial charge in [-0.05, 0) is 71.6 Å². The second kappa shape index (κ2) is 6.62. The molecule has 0 aromatic heterocycles. The molecular weight excluding hydrogens is 244 g/mol. The molecule has 0 atom stereocenters. The van der Waals surface area contributed by atoms with Crippen LogP contribution in [0.25, 0.3) is 0 Å². The first-order valence-electron chi connectivity index (χ1n) is 8.05. The fraction of sp³-hybridized carbons (Fsp3) is 0.667. The molecule has 0 radical (unpaired) electrons. The molecule has 2 nitrogen and oxygen atoms in total. The number of fused-ring (bicyclic) bond motifs is 1. The van der Waals surface area contributed by atoms with E-state index in [2.05, 4.69) is 56.1 Å². The van der Waals surface area contributed by atoms with Gasteiger partial charge in [-0.3, -0.25) is 0 Å². The first-order chi connectivity index (χ1) is 9.46. The van der Waals surface area contributed by atoms with Crippen molar-refractivity contribution in [2.24, 2.45) is 0 Å². The van der Waals surface area contributed by atoms with Crippen LogP contribution in [0.4, 0.5) is 5.69 Å². The van der Waals surface area contributed by atoms with Gasteiger partial charge >= 0.3 is 0 Å². The van der Waals surface area contributed by atoms with Crippen LogP contribution in [0.15, 0.2) is 18.2 Å². The van der Waals surface area contributed by atoms with Crippen molar-refractivity contribution >= 4 is 5.69 Å². The summed E-state index contributed by atoms with van der Waals surface area (Å²) in [5, 5.41) is 3.57. The standard InChI is InChI=1S/C18H30N2/c1-15-9-10-17-16(14-15)8-7-13-20(17)12-6-5-11-19-18(2,3)4/h9-10,14,19H,5-8,11-13H2,1-4H3. The van der Waals surface area contributed by atoms with E-state index in [1.54, 1.807) is 5.56 Å². The average molecular weight is 274 g/mol. The van der Waals surface area contributed by atoms with E-state index >= 15 is 0 Å². The van der Waals surface area contributed by atoms with Crippen LogP contribution in [-0.4, -0.2) is 25.2 Å². The fourth-order valence-corrected chi connectivity index (χ4v) is 2.93. The highest BCUT2D eigenvalue weighted by Crippen LogP contribution is 2.28. The minimum atomic E-state index is 0.245. The van der Waals surface area contributed by atoms with Crippen LogP contribution < -0.4 is 10.2 Å². The average Bonchev–Trinajstić information content (AvgIpc) is 2.36. The van der Waals surface area contributed by atoms with Gasteiger partial charge in [-0.25, -0.2) is 0 Å². The van der Waals surface area contributed by atoms with Crippen molar-refractivity contribution in [3.8, 4) is 0 Å². The summed E-state index contributed by atoms with van der Waals surface area (Å²) in [4.78, 5) is 2.58. The molecule has 0 saturated heterocycles. The molecule has 2 rings (SSSR count). The van der Waals surface area contributed by atoms with Gasteiger partial charge < -0.3 is 10.2 Å². The van der Waals surface area contributed by atoms with E-state index in [1.807, 2.05) is 0 Å². The van der Waals surface area contributed by atoms with Crippen LogP contribution >= 0.6 is 0 Å². The predicted octanol–water partition coefficient (Wildman–Crippen LogP) is 3.92. The van der Waals surface area contributed by atoms with E-state index in [0.717, 1.165) is 6.54 Å². The zero-order chi connectivity index (χ0) is 14.6. The lowest BCUT2D eigenvalue weighted by atomic mass is 9.99. The van der Waals surface area contributed by atoms with Gasteiger partial charge in [0.15, 0.2) is 0 Å². The maximum Gasteiger partial charge on any atom is 0.0398 e. The van der Waals surface area contributed by atoms with Crippen LogP contribution in [0.2, 0.25) is 0 Å². The lowest BCUT2D eigenvalue weighted by Crippen LogP contribution is -2.37. The Hall–Kier alpha value is -1.02. The molecule has 1 aliphatic heterocycles. The quantitative estimate of drug-likeness (QED) is 0.819. The third kappa shape index (κ3) is 4.52. The Labute approximate surface area is 124 Å². The van der Waals surface area contributed by atoms with E-state index in [-0.39, 0.29) is 5.54 Å². The fourth-order valence-electron chi connectivity index (χ4n) is 2.93. The van der Waals surface area contributed by atoms with Crippen LogP contribution in [0.5, 0.6) is 0 Å². The van der Waals surface area contributed by atoms with Gasteiger partial charge in [-0.2, -0.15) is 0 Å². The molecule has 1 N–H and O–H groups in total. The summed E-state index contributed by atoms with van der Waals surface area (Å²) in [5.41, 5.74) is 4.66. The predicted molar refractivity (Wildman–Crippen MR) is 88.7 cm³/mol. The number of nitrogens with one attached hydrogen (secondary N) is 1. The second-order valence-corrected chi connectivity index (χ2v) is 7.11. The van der Waals surface area contributed by atoms with Crippen molar-refractivity contribution in [2.75, 3.05) is 24.5 Å². The topological polar surface area (TPSA) is 15.3 Å². The largest absolute Gasteiger partial charge is 0.371 e. The zero-order valence-electron chi connectivity index (χ0n) is 13.6. The summed E-state index contributed by atoms with van der Waals surface area (Å²) in [6.07, 6.45) is 5.08. The molecule has 0 aliphatic carbocycles. The van der Waals surface area contributed by atoms with Crippen molar-refractivity contribution in [3.63, 3.8) is 0 Å². The summed E-state index contributed by atoms with van der Waals surface area (Å²) in [6, 6.07) is 6.93. The number of nitrogens with zero attached hydrogens (tertiary/aromatic N) is 1. The van der Waals surface area contributed by atoms with Gasteiger partial charge in [0.05, 0.1) is 0 Å². The molecular formula is C18H30N2. The Morgan fingerprint density at radius 1 is 1.20 bits per heavy atom. The van der Waals surface area contributed by atoms with Crippen molar-refractivity contribution < 1.29 is 0 Å². The molecule has 1 aliphatic rings. The van der Waals surface area contributed by atoms with Crippen LogP contribution in [-0.2, 0) is 6.42 Å². The first-order valence-corrected chi connectivity index (χ1v) is 8.05.